The molecule has 2 heterocycles. The van der Waals surface area contributed by atoms with Crippen molar-refractivity contribution in [1.82, 2.24) is 60.0 Å². The van der Waals surface area contributed by atoms with Crippen LogP contribution in [0.4, 0.5) is 13.2 Å². The van der Waals surface area contributed by atoms with Crippen LogP contribution in [0.1, 0.15) is 170 Å². The van der Waals surface area contributed by atoms with Crippen LogP contribution in [0.2, 0.25) is 0 Å². The van der Waals surface area contributed by atoms with Crippen LogP contribution >= 0.6 is 11.6 Å². The molecule has 5 fully saturated rings. The van der Waals surface area contributed by atoms with Gasteiger partial charge in [0.1, 0.15) is 47.8 Å². The fourth-order valence-electron chi connectivity index (χ4n) is 14.7. The summed E-state index contributed by atoms with van der Waals surface area (Å²) in [5, 5.41) is 7.47. The molecular formula is C68H112ClF3N12O12. The lowest BCUT2D eigenvalue weighted by Gasteiger charge is -2.41. The number of nitrogens with zero attached hydrogens (tertiary/aromatic N) is 9. The predicted octanol–water partition coefficient (Wildman–Crippen LogP) is 4.88. The fraction of sp³-hybridized carbons (Fsp3) is 0.824. The van der Waals surface area contributed by atoms with Crippen LogP contribution in [0, 0.1) is 41.4 Å². The molecule has 544 valence electrons. The van der Waals surface area contributed by atoms with Crippen LogP contribution in [0.15, 0.2) is 0 Å². The number of hydrogen-bond acceptors (Lipinski definition) is 12. The maximum absolute atomic E-state index is 15.3. The Balaban J connectivity index is 1.59. The van der Waals surface area contributed by atoms with Gasteiger partial charge in [-0.1, -0.05) is 93.4 Å². The monoisotopic (exact) mass is 1380 g/mol. The van der Waals surface area contributed by atoms with E-state index in [1.165, 1.54) is 87.9 Å². The Labute approximate surface area is 571 Å². The zero-order valence-electron chi connectivity index (χ0n) is 59.9. The number of nitrogens with one attached hydrogen (secondary N) is 3. The number of alkyl halides is 4. The van der Waals surface area contributed by atoms with Crippen molar-refractivity contribution in [3.63, 3.8) is 0 Å². The summed E-state index contributed by atoms with van der Waals surface area (Å²) in [7, 11) is 12.7. The van der Waals surface area contributed by atoms with Crippen molar-refractivity contribution in [3.8, 4) is 0 Å². The number of likely N-dealkylation sites (N-methyl/N-ethyl adjacent to an activating group) is 8. The van der Waals surface area contributed by atoms with Gasteiger partial charge in [-0.05, 0) is 106 Å². The molecule has 3 unspecified atom stereocenters. The Bertz CT molecular complexity index is 2780. The quantitative estimate of drug-likeness (QED) is 0.234. The summed E-state index contributed by atoms with van der Waals surface area (Å²) in [6, 6.07) is -8.73. The van der Waals surface area contributed by atoms with Gasteiger partial charge in [0.05, 0.1) is 32.0 Å². The van der Waals surface area contributed by atoms with E-state index in [0.717, 1.165) is 45.3 Å². The summed E-state index contributed by atoms with van der Waals surface area (Å²) in [5.74, 6) is -10.8. The maximum atomic E-state index is 15.3. The van der Waals surface area contributed by atoms with Crippen molar-refractivity contribution >= 4 is 82.5 Å². The molecule has 28 heteroatoms. The second kappa shape index (κ2) is 35.0. The molecule has 0 bridgehead atoms. The molecule has 0 radical (unpaired) electrons. The van der Waals surface area contributed by atoms with Gasteiger partial charge in [-0.2, -0.15) is 13.2 Å². The first-order valence-corrected chi connectivity index (χ1v) is 35.1. The molecule has 3 N–H and O–H groups in total. The Morgan fingerprint density at radius 2 is 1.23 bits per heavy atom. The minimum absolute atomic E-state index is 0.00437. The minimum atomic E-state index is -4.51. The smallest absolute Gasteiger partial charge is 0.347 e. The van der Waals surface area contributed by atoms with Crippen LogP contribution in [-0.4, -0.2) is 264 Å². The summed E-state index contributed by atoms with van der Waals surface area (Å²) in [6.07, 6.45) is 0.828. The van der Waals surface area contributed by atoms with Gasteiger partial charge in [-0.25, -0.2) is 0 Å². The summed E-state index contributed by atoms with van der Waals surface area (Å²) >= 11 is 6.38. The first kappa shape index (κ1) is 80.4. The number of carbonyl (C=O) groups is 12. The molecule has 3 saturated carbocycles. The summed E-state index contributed by atoms with van der Waals surface area (Å²) in [4.78, 5) is 187. The highest BCUT2D eigenvalue weighted by molar-refractivity contribution is 6.20. The molecule has 96 heavy (non-hydrogen) atoms. The number of carbonyl (C=O) groups excluding carboxylic acids is 12. The normalized spacial score (nSPS) is 30.1. The van der Waals surface area contributed by atoms with Crippen molar-refractivity contribution in [1.29, 1.82) is 0 Å². The third kappa shape index (κ3) is 20.4. The largest absolute Gasteiger partial charge is 0.393 e. The molecule has 0 aromatic heterocycles. The molecule has 12 amide bonds. The average Bonchev–Trinajstić information content (AvgIpc) is 1.51. The summed E-state index contributed by atoms with van der Waals surface area (Å²) < 4.78 is 41.9. The lowest BCUT2D eigenvalue weighted by Crippen LogP contribution is -2.65. The van der Waals surface area contributed by atoms with Crippen LogP contribution in [0.3, 0.4) is 0 Å². The van der Waals surface area contributed by atoms with Crippen LogP contribution in [-0.2, 0) is 57.5 Å². The van der Waals surface area contributed by atoms with E-state index < -0.39 is 174 Å². The molecule has 24 nitrogen and oxygen atoms in total. The second-order valence-electron chi connectivity index (χ2n) is 29.6. The van der Waals surface area contributed by atoms with Gasteiger partial charge in [0.25, 0.3) is 0 Å². The van der Waals surface area contributed by atoms with Gasteiger partial charge in [-0.3, -0.25) is 57.5 Å². The first-order valence-electron chi connectivity index (χ1n) is 34.7. The average molecular weight is 1380 g/mol. The predicted molar refractivity (Wildman–Crippen MR) is 356 cm³/mol. The molecule has 3 aliphatic carbocycles. The van der Waals surface area contributed by atoms with Gasteiger partial charge >= 0.3 is 6.18 Å². The van der Waals surface area contributed by atoms with Crippen LogP contribution in [0.25, 0.3) is 0 Å². The third-order valence-electron chi connectivity index (χ3n) is 21.2. The van der Waals surface area contributed by atoms with Crippen LogP contribution < -0.4 is 16.0 Å². The summed E-state index contributed by atoms with van der Waals surface area (Å²) in [5.41, 5.74) is -1.57. The van der Waals surface area contributed by atoms with E-state index in [9.17, 15) is 56.3 Å². The molecule has 2 saturated heterocycles. The van der Waals surface area contributed by atoms with E-state index in [4.69, 9.17) is 11.6 Å². The van der Waals surface area contributed by atoms with Crippen molar-refractivity contribution in [3.05, 3.63) is 0 Å². The molecule has 5 aliphatic rings. The zero-order chi connectivity index (χ0) is 72.2. The van der Waals surface area contributed by atoms with Crippen molar-refractivity contribution < 1.29 is 70.7 Å². The van der Waals surface area contributed by atoms with E-state index in [-0.39, 0.29) is 88.5 Å². The highest BCUT2D eigenvalue weighted by Crippen LogP contribution is 2.44. The van der Waals surface area contributed by atoms with E-state index in [2.05, 4.69) is 22.9 Å². The van der Waals surface area contributed by atoms with Gasteiger partial charge in [-0.15, -0.1) is 11.6 Å². The van der Waals surface area contributed by atoms with Gasteiger partial charge in [0.15, 0.2) is 0 Å². The molecular weight excluding hydrogens is 1270 g/mol. The standard InChI is InChI=1S/C68H112ClF3N12O12/c1-17-43(7)57-64(94)79(12)38-55(87)77(10)39-56(88)81(14)51(35-45-24-22-42(6)23-25-45)63(93)78(11)37-53(85)73-48(29-27-44-26-28-46(47(69)34-44)68(70,71)72)61(91)84-32-20-21-49(84)60(90)75-67(30-18-19-31-67)66(96)83(16)58(41(4)5)65(95)82(15)52(62(92)76(8)9)36-54(86)80(13)50(33-40(2)3)59(89)74-57/h40-52,57-58H,17-39H2,1-16H3,(H,73,85)(H,74,89)(H,75,90)/t42?,43-,44?,45?,46?,47?,48-,49-,50-,51-,52-,57-,58-/m0/s1. The lowest BCUT2D eigenvalue weighted by molar-refractivity contribution is -0.182. The number of amides is 12. The van der Waals surface area contributed by atoms with Crippen molar-refractivity contribution in [2.24, 2.45) is 41.4 Å². The highest BCUT2D eigenvalue weighted by Gasteiger charge is 2.51. The minimum Gasteiger partial charge on any atom is -0.347 e. The first-order chi connectivity index (χ1) is 44.8. The highest BCUT2D eigenvalue weighted by atomic mass is 35.5. The topological polar surface area (TPSA) is 270 Å². The Morgan fingerprint density at radius 1 is 0.646 bits per heavy atom. The van der Waals surface area contributed by atoms with Gasteiger partial charge < -0.3 is 60.0 Å². The molecule has 11 atom stereocenters. The van der Waals surface area contributed by atoms with Crippen molar-refractivity contribution in [2.75, 3.05) is 89.6 Å². The molecule has 0 aromatic carbocycles. The molecule has 0 aromatic rings. The number of hydrogen-bond donors (Lipinski definition) is 3. The lowest BCUT2D eigenvalue weighted by atomic mass is 9.78. The SMILES string of the molecule is CC[C@H](C)[C@@H]1NC(=O)[C@H](CC(C)C)N(C)C(=O)C[C@@H](C(=O)N(C)C)N(C)C(=O)[C@H](C(C)C)N(C)C(=O)C2(CCCC2)NC(=O)[C@@H]2CCCN2C(=O)[C@H](CCC2CCC(C(F)(F)F)C(Cl)C2)NC(=O)CN(C)C(=O)[C@H](CC2CCC(C)CC2)N(C)C(=O)CN(C)C(=O)CN(C)C1=O. The Kier molecular flexibility index (Phi) is 29.3. The van der Waals surface area contributed by atoms with Crippen molar-refractivity contribution in [2.45, 2.75) is 230 Å². The van der Waals surface area contributed by atoms with E-state index in [1.54, 1.807) is 20.8 Å². The zero-order valence-corrected chi connectivity index (χ0v) is 60.6. The van der Waals surface area contributed by atoms with E-state index in [1.807, 2.05) is 20.8 Å². The number of halogens is 4. The second-order valence-corrected chi connectivity index (χ2v) is 30.1. The van der Waals surface area contributed by atoms with Gasteiger partial charge in [0, 0.05) is 75.4 Å². The number of rotatable bonds is 11. The number of fused-ring (bicyclic) bond motifs is 1. The third-order valence-corrected chi connectivity index (χ3v) is 21.7. The fourth-order valence-corrected chi connectivity index (χ4v) is 15.2. The van der Waals surface area contributed by atoms with Gasteiger partial charge in [0.2, 0.25) is 70.9 Å². The van der Waals surface area contributed by atoms with E-state index >= 15 is 14.4 Å². The summed E-state index contributed by atoms with van der Waals surface area (Å²) in [6.45, 7) is 11.3. The molecule has 2 aliphatic heterocycles. The molecule has 1 spiro atoms. The van der Waals surface area contributed by atoms with E-state index in [0.29, 0.717) is 31.6 Å². The maximum Gasteiger partial charge on any atom is 0.393 e. The Morgan fingerprint density at radius 3 is 1.79 bits per heavy atom. The molecule has 5 rings (SSSR count). The Hall–Kier alpha value is -6.28. The van der Waals surface area contributed by atoms with Crippen LogP contribution in [0.5, 0.6) is 0 Å².